The summed E-state index contributed by atoms with van der Waals surface area (Å²) in [5, 5.41) is 0. The fourth-order valence-electron chi connectivity index (χ4n) is 7.57. The molecule has 214 valence electrons. The number of nitrogens with zero attached hydrogens (tertiary/aromatic N) is 1. The van der Waals surface area contributed by atoms with Gasteiger partial charge in [0.05, 0.1) is 0 Å². The Bertz CT molecular complexity index is 2090. The van der Waals surface area contributed by atoms with Crippen LogP contribution in [0.3, 0.4) is 0 Å². The van der Waals surface area contributed by atoms with Crippen LogP contribution in [0.1, 0.15) is 25.0 Å². The van der Waals surface area contributed by atoms with Gasteiger partial charge in [0, 0.05) is 0 Å². The fraction of sp³-hybridized carbons (Fsp3) is 0.0769. The number of benzene rings is 6. The van der Waals surface area contributed by atoms with Crippen molar-refractivity contribution in [1.82, 2.24) is 0 Å². The van der Waals surface area contributed by atoms with Gasteiger partial charge in [-0.05, 0) is 0 Å². The van der Waals surface area contributed by atoms with Crippen LogP contribution in [-0.2, 0) is 15.3 Å². The second-order valence-electron chi connectivity index (χ2n) is 12.2. The van der Waals surface area contributed by atoms with E-state index in [-0.39, 0.29) is 5.41 Å². The molecule has 0 aromatic heterocycles. The molecule has 0 N–H and O–H groups in total. The van der Waals surface area contributed by atoms with Crippen molar-refractivity contribution in [3.05, 3.63) is 163 Å². The van der Waals surface area contributed by atoms with Crippen LogP contribution in [0.15, 0.2) is 161 Å². The number of anilines is 3. The zero-order valence-electron chi connectivity index (χ0n) is 24.6. The summed E-state index contributed by atoms with van der Waals surface area (Å²) in [6.07, 6.45) is 0. The number of sulfone groups is 1. The van der Waals surface area contributed by atoms with E-state index in [1.54, 1.807) is 6.07 Å². The van der Waals surface area contributed by atoms with Gasteiger partial charge in [-0.2, -0.15) is 0 Å². The zero-order valence-corrected chi connectivity index (χ0v) is 27.5. The summed E-state index contributed by atoms with van der Waals surface area (Å²) in [5.74, 6) is 0. The van der Waals surface area contributed by atoms with E-state index in [9.17, 15) is 8.42 Å². The maximum absolute atomic E-state index is 14.7. The van der Waals surface area contributed by atoms with Crippen LogP contribution in [0.2, 0.25) is 0 Å². The molecule has 2 aliphatic rings. The topological polar surface area (TPSA) is 37.4 Å². The summed E-state index contributed by atoms with van der Waals surface area (Å²) < 4.78 is 33.7. The molecule has 6 aromatic rings. The molecule has 0 fully saturated rings. The van der Waals surface area contributed by atoms with Gasteiger partial charge in [-0.3, -0.25) is 0 Å². The van der Waals surface area contributed by atoms with Gasteiger partial charge < -0.3 is 0 Å². The molecule has 0 atom stereocenters. The van der Waals surface area contributed by atoms with E-state index < -0.39 is 23.1 Å². The van der Waals surface area contributed by atoms with Crippen molar-refractivity contribution in [3.63, 3.8) is 0 Å². The Morgan fingerprint density at radius 1 is 0.523 bits per heavy atom. The van der Waals surface area contributed by atoms with E-state index in [2.05, 4.69) is 134 Å². The third-order valence-electron chi connectivity index (χ3n) is 9.55. The van der Waals surface area contributed by atoms with Gasteiger partial charge in [0.25, 0.3) is 0 Å². The minimum atomic E-state index is -3.81. The number of fused-ring (bicyclic) bond motifs is 4. The van der Waals surface area contributed by atoms with Gasteiger partial charge in [0.15, 0.2) is 0 Å². The summed E-state index contributed by atoms with van der Waals surface area (Å²) in [4.78, 5) is 3.09. The van der Waals surface area contributed by atoms with Crippen LogP contribution >= 0.6 is 0 Å². The SMILES string of the molecule is CC1(C)c2ccccc2N(c2cc[c]3c(c2)S(=O)(=O)c2cccc[c]2[Ge]3([c]2ccccc2)[c]2ccccc2)c2ccccc21. The van der Waals surface area contributed by atoms with Crippen LogP contribution in [0.25, 0.3) is 0 Å². The predicted molar refractivity (Wildman–Crippen MR) is 182 cm³/mol. The van der Waals surface area contributed by atoms with Crippen molar-refractivity contribution in [2.45, 2.75) is 29.1 Å². The maximum atomic E-state index is 14.7. The molecule has 0 bridgehead atoms. The van der Waals surface area contributed by atoms with Crippen molar-refractivity contribution in [1.29, 1.82) is 0 Å². The second-order valence-corrected chi connectivity index (χ2v) is 21.9. The Kier molecular flexibility index (Phi) is 6.06. The monoisotopic (exact) mass is 651 g/mol. The molecule has 0 amide bonds. The Balaban J connectivity index is 1.47. The van der Waals surface area contributed by atoms with Crippen LogP contribution in [0.4, 0.5) is 17.1 Å². The summed E-state index contributed by atoms with van der Waals surface area (Å²) in [6, 6.07) is 52.0. The standard InChI is InChI=1S/C39H31GeNO2S/c1-39(2)31-19-9-12-22-35(31)41(36-23-13-10-20-32(36)39)30-25-26-34-38(27-30)44(42,43)37-24-14-11-21-33(37)40(34,28-15-5-3-6-16-28)29-17-7-4-8-18-29/h3-27H,1-2H3. The van der Waals surface area contributed by atoms with Crippen molar-refractivity contribution in [2.75, 3.05) is 4.90 Å². The molecule has 2 heterocycles. The van der Waals surface area contributed by atoms with Crippen molar-refractivity contribution < 1.29 is 8.42 Å². The summed E-state index contributed by atoms with van der Waals surface area (Å²) in [7, 11) is -3.81. The normalized spacial score (nSPS) is 16.6. The quantitative estimate of drug-likeness (QED) is 0.210. The molecule has 5 heteroatoms. The van der Waals surface area contributed by atoms with Gasteiger partial charge >= 0.3 is 263 Å². The van der Waals surface area contributed by atoms with E-state index in [0.29, 0.717) is 9.79 Å². The van der Waals surface area contributed by atoms with Crippen LogP contribution in [0, 0.1) is 0 Å². The molecule has 0 saturated carbocycles. The predicted octanol–water partition coefficient (Wildman–Crippen LogP) is 6.32. The Hall–Kier alpha value is -4.39. The summed E-state index contributed by atoms with van der Waals surface area (Å²) >= 11 is -3.76. The summed E-state index contributed by atoms with van der Waals surface area (Å²) in [5.41, 5.74) is 5.22. The number of hydrogen-bond donors (Lipinski definition) is 0. The van der Waals surface area contributed by atoms with E-state index in [1.807, 2.05) is 30.3 Å². The Labute approximate surface area is 261 Å². The molecule has 44 heavy (non-hydrogen) atoms. The Morgan fingerprint density at radius 3 is 1.59 bits per heavy atom. The molecule has 2 aliphatic heterocycles. The first-order chi connectivity index (χ1) is 21.4. The van der Waals surface area contributed by atoms with Crippen LogP contribution in [0.5, 0.6) is 0 Å². The molecule has 0 saturated heterocycles. The molecule has 3 nitrogen and oxygen atoms in total. The van der Waals surface area contributed by atoms with E-state index in [1.165, 1.54) is 19.9 Å². The van der Waals surface area contributed by atoms with Gasteiger partial charge in [0.1, 0.15) is 0 Å². The van der Waals surface area contributed by atoms with Crippen molar-refractivity contribution in [2.24, 2.45) is 0 Å². The van der Waals surface area contributed by atoms with Crippen LogP contribution < -0.4 is 22.5 Å². The molecule has 0 spiro atoms. The van der Waals surface area contributed by atoms with Crippen molar-refractivity contribution in [3.8, 4) is 0 Å². The average Bonchev–Trinajstić information content (AvgIpc) is 3.07. The van der Waals surface area contributed by atoms with E-state index >= 15 is 0 Å². The van der Waals surface area contributed by atoms with Gasteiger partial charge in [-0.1, -0.05) is 0 Å². The second kappa shape index (κ2) is 9.81. The van der Waals surface area contributed by atoms with Gasteiger partial charge in [0.2, 0.25) is 0 Å². The third-order valence-corrected chi connectivity index (χ3v) is 22.4. The number of rotatable bonds is 3. The molecule has 0 unspecified atom stereocenters. The molecule has 8 rings (SSSR count). The number of hydrogen-bond acceptors (Lipinski definition) is 3. The van der Waals surface area contributed by atoms with Crippen LogP contribution in [-0.4, -0.2) is 21.7 Å². The van der Waals surface area contributed by atoms with Crippen molar-refractivity contribution >= 4 is 57.7 Å². The fourth-order valence-corrected chi connectivity index (χ4v) is 22.5. The first-order valence-corrected chi connectivity index (χ1v) is 20.6. The Morgan fingerprint density at radius 2 is 1.00 bits per heavy atom. The molecule has 0 aliphatic carbocycles. The zero-order chi connectivity index (χ0) is 30.1. The first kappa shape index (κ1) is 27.2. The summed E-state index contributed by atoms with van der Waals surface area (Å²) in [6.45, 7) is 4.52. The first-order valence-electron chi connectivity index (χ1n) is 15.0. The van der Waals surface area contributed by atoms with Gasteiger partial charge in [-0.15, -0.1) is 0 Å². The van der Waals surface area contributed by atoms with Gasteiger partial charge in [-0.25, -0.2) is 0 Å². The molecular weight excluding hydrogens is 619 g/mol. The molecular formula is C39H31GeNO2S. The minimum absolute atomic E-state index is 0.200. The molecule has 0 radical (unpaired) electrons. The van der Waals surface area contributed by atoms with E-state index in [0.717, 1.165) is 25.9 Å². The third kappa shape index (κ3) is 3.64. The van der Waals surface area contributed by atoms with E-state index in [4.69, 9.17) is 0 Å². The average molecular weight is 650 g/mol. The molecule has 6 aromatic carbocycles. The number of para-hydroxylation sites is 2.